The molecule has 0 radical (unpaired) electrons. The Morgan fingerprint density at radius 2 is 0.927 bits per heavy atom. The molecule has 0 aromatic heterocycles. The Bertz CT molecular complexity index is 1390. The van der Waals surface area contributed by atoms with Crippen LogP contribution >= 0.6 is 0 Å². The van der Waals surface area contributed by atoms with E-state index in [1.54, 1.807) is 87.0 Å². The smallest absolute Gasteiger partial charge is 0.857 e. The Morgan fingerprint density at radius 3 is 1.24 bits per heavy atom. The average molecular weight is 597 g/mol. The van der Waals surface area contributed by atoms with Crippen molar-refractivity contribution < 1.29 is 46.4 Å². The first kappa shape index (κ1) is 32.1. The number of hydrogen-bond donors (Lipinski definition) is 2. The molecule has 41 heavy (non-hydrogen) atoms. The standard InChI is InChI=1S/2C15H14N2O3.Ni/c2*1-20-12-8-6-11(7-9-12)10-16-17-15(19)13-4-2-3-5-14(13)18;/h2*2-10,18H,1H3,(H,17,19);/q;;+2/p-2/b2*16-10-;. The molecule has 10 nitrogen and oxygen atoms in total. The molecule has 0 spiro atoms. The normalized spacial score (nSPS) is 11.5. The van der Waals surface area contributed by atoms with Crippen molar-refractivity contribution in [3.8, 4) is 23.0 Å². The van der Waals surface area contributed by atoms with Crippen molar-refractivity contribution in [3.05, 3.63) is 119 Å². The average Bonchev–Trinajstić information content (AvgIpc) is 2.98. The topological polar surface area (TPSA) is 154 Å². The molecule has 4 aromatic rings. The second-order valence-electron chi connectivity index (χ2n) is 7.88. The van der Waals surface area contributed by atoms with Gasteiger partial charge < -0.3 is 29.9 Å². The molecule has 4 rings (SSSR count). The van der Waals surface area contributed by atoms with Gasteiger partial charge in [0, 0.05) is 22.9 Å². The fraction of sp³-hybridized carbons (Fsp3) is 0.0667. The van der Waals surface area contributed by atoms with Crippen molar-refractivity contribution in [1.82, 2.24) is 0 Å². The number of ether oxygens (including phenoxy) is 2. The van der Waals surface area contributed by atoms with E-state index in [4.69, 9.17) is 9.47 Å². The molecule has 4 aromatic carbocycles. The fourth-order valence-corrected chi connectivity index (χ4v) is 3.09. The molecule has 0 bridgehead atoms. The van der Waals surface area contributed by atoms with Crippen LogP contribution in [0, 0.1) is 0 Å². The predicted octanol–water partition coefficient (Wildman–Crippen LogP) is 3.08. The summed E-state index contributed by atoms with van der Waals surface area (Å²) in [7, 11) is 3.17. The molecular formula is C30H26N4NiO6. The zero-order valence-corrected chi connectivity index (χ0v) is 23.0. The number of rotatable bonds is 8. The molecule has 0 aliphatic rings. The van der Waals surface area contributed by atoms with Gasteiger partial charge in [0.25, 0.3) is 0 Å². The van der Waals surface area contributed by atoms with Crippen LogP contribution in [0.2, 0.25) is 0 Å². The minimum Gasteiger partial charge on any atom is -0.857 e. The van der Waals surface area contributed by atoms with E-state index in [1.165, 1.54) is 36.7 Å². The first-order valence-corrected chi connectivity index (χ1v) is 11.8. The van der Waals surface area contributed by atoms with Gasteiger partial charge in [-0.3, -0.25) is 0 Å². The molecule has 0 aliphatic heterocycles. The second kappa shape index (κ2) is 16.7. The third-order valence-electron chi connectivity index (χ3n) is 5.21. The van der Waals surface area contributed by atoms with Gasteiger partial charge in [0.2, 0.25) is 0 Å². The number of benzene rings is 4. The third kappa shape index (κ3) is 10.2. The van der Waals surface area contributed by atoms with E-state index in [1.807, 2.05) is 0 Å². The van der Waals surface area contributed by atoms with E-state index in [2.05, 4.69) is 20.4 Å². The summed E-state index contributed by atoms with van der Waals surface area (Å²) in [5.41, 5.74) is 1.83. The first-order valence-electron chi connectivity index (χ1n) is 11.8. The maximum absolute atomic E-state index is 11.7. The molecule has 0 atom stereocenters. The van der Waals surface area contributed by atoms with Crippen LogP contribution in [0.25, 0.3) is 0 Å². The van der Waals surface area contributed by atoms with Crippen LogP contribution < -0.4 is 19.7 Å². The van der Waals surface area contributed by atoms with Crippen LogP contribution in [0.5, 0.6) is 23.0 Å². The molecule has 0 aliphatic carbocycles. The Balaban J connectivity index is 0.000000280. The van der Waals surface area contributed by atoms with Gasteiger partial charge in [-0.05, 0) is 71.8 Å². The molecule has 0 unspecified atom stereocenters. The van der Waals surface area contributed by atoms with Crippen molar-refractivity contribution in [1.29, 1.82) is 0 Å². The number of nitrogens with zero attached hydrogens (tertiary/aromatic N) is 4. The van der Waals surface area contributed by atoms with Gasteiger partial charge in [-0.25, -0.2) is 0 Å². The Morgan fingerprint density at radius 1 is 0.585 bits per heavy atom. The van der Waals surface area contributed by atoms with E-state index >= 15 is 0 Å². The summed E-state index contributed by atoms with van der Waals surface area (Å²) >= 11 is 0. The van der Waals surface area contributed by atoms with Crippen molar-refractivity contribution in [3.63, 3.8) is 0 Å². The van der Waals surface area contributed by atoms with Gasteiger partial charge >= 0.3 is 16.5 Å². The summed E-state index contributed by atoms with van der Waals surface area (Å²) in [6, 6.07) is 26.7. The minimum absolute atomic E-state index is 0. The van der Waals surface area contributed by atoms with Crippen LogP contribution in [0.15, 0.2) is 117 Å². The van der Waals surface area contributed by atoms with Gasteiger partial charge in [0.1, 0.15) is 23.0 Å². The van der Waals surface area contributed by atoms with E-state index in [0.717, 1.165) is 22.6 Å². The van der Waals surface area contributed by atoms with Crippen molar-refractivity contribution >= 4 is 24.2 Å². The molecule has 0 heterocycles. The molecule has 0 saturated carbocycles. The van der Waals surface area contributed by atoms with Crippen molar-refractivity contribution in [2.24, 2.45) is 20.4 Å². The summed E-state index contributed by atoms with van der Waals surface area (Å²) in [4.78, 5) is 0. The third-order valence-corrected chi connectivity index (χ3v) is 5.21. The van der Waals surface area contributed by atoms with Crippen molar-refractivity contribution in [2.75, 3.05) is 14.2 Å². The number of methoxy groups -OCH3 is 2. The van der Waals surface area contributed by atoms with E-state index in [-0.39, 0.29) is 39.1 Å². The Hall–Kier alpha value is -5.15. The predicted molar refractivity (Wildman–Crippen MR) is 150 cm³/mol. The van der Waals surface area contributed by atoms with Crippen LogP contribution in [-0.4, -0.2) is 48.7 Å². The van der Waals surface area contributed by atoms with Gasteiger partial charge in [-0.15, -0.1) is 0 Å². The second-order valence-corrected chi connectivity index (χ2v) is 7.88. The van der Waals surface area contributed by atoms with Crippen LogP contribution in [0.1, 0.15) is 22.3 Å². The summed E-state index contributed by atoms with van der Waals surface area (Å²) in [6.07, 6.45) is 2.91. The van der Waals surface area contributed by atoms with Crippen LogP contribution in [0.3, 0.4) is 0 Å². The first-order chi connectivity index (χ1) is 19.4. The number of hydrogen-bond acceptors (Lipinski definition) is 10. The molecule has 11 heteroatoms. The van der Waals surface area contributed by atoms with Gasteiger partial charge in [-0.1, -0.05) is 36.4 Å². The largest absolute Gasteiger partial charge is 2.00 e. The van der Waals surface area contributed by atoms with Crippen LogP contribution in [0.4, 0.5) is 0 Å². The summed E-state index contributed by atoms with van der Waals surface area (Å²) in [5, 5.41) is 56.9. The molecule has 0 fully saturated rings. The molecule has 0 amide bonds. The van der Waals surface area contributed by atoms with Crippen LogP contribution in [-0.2, 0) is 16.5 Å². The molecular weight excluding hydrogens is 571 g/mol. The molecule has 0 saturated heterocycles. The number of para-hydroxylation sites is 2. The molecule has 212 valence electrons. The Kier molecular flexibility index (Phi) is 13.1. The minimum atomic E-state index is -0.590. The summed E-state index contributed by atoms with van der Waals surface area (Å²) < 4.78 is 10.1. The van der Waals surface area contributed by atoms with E-state index in [0.29, 0.717) is 0 Å². The summed E-state index contributed by atoms with van der Waals surface area (Å²) in [6.45, 7) is 0. The zero-order chi connectivity index (χ0) is 28.7. The van der Waals surface area contributed by atoms with E-state index in [9.17, 15) is 20.4 Å². The van der Waals surface area contributed by atoms with Crippen molar-refractivity contribution in [2.45, 2.75) is 0 Å². The molecule has 2 N–H and O–H groups in total. The number of phenols is 2. The SMILES string of the molecule is COc1ccc(/C=N\N=C(/[O-])c2ccccc2O)cc1.COc1ccc(/C=N\N=C(/[O-])c2ccccc2O)cc1.[Ni+2]. The quantitative estimate of drug-likeness (QED) is 0.138. The van der Waals surface area contributed by atoms with Gasteiger partial charge in [0.05, 0.1) is 26.6 Å². The monoisotopic (exact) mass is 596 g/mol. The van der Waals surface area contributed by atoms with Gasteiger partial charge in [0.15, 0.2) is 0 Å². The maximum atomic E-state index is 11.7. The maximum Gasteiger partial charge on any atom is 2.00 e. The fourth-order valence-electron chi connectivity index (χ4n) is 3.09. The zero-order valence-electron chi connectivity index (χ0n) is 22.0. The number of phenolic OH excluding ortho intramolecular Hbond substituents is 2. The number of aromatic hydroxyl groups is 2. The summed E-state index contributed by atoms with van der Waals surface area (Å²) in [5.74, 6) is 0.0799. The van der Waals surface area contributed by atoms with Gasteiger partial charge in [-0.2, -0.15) is 20.4 Å². The van der Waals surface area contributed by atoms with E-state index < -0.39 is 11.8 Å². The Labute approximate surface area is 247 Å².